The maximum atomic E-state index is 12.5. The van der Waals surface area contributed by atoms with Gasteiger partial charge in [0.1, 0.15) is 11.9 Å². The molecule has 10 heteroatoms. The van der Waals surface area contributed by atoms with Crippen molar-refractivity contribution in [1.29, 1.82) is 0 Å². The summed E-state index contributed by atoms with van der Waals surface area (Å²) >= 11 is 0. The molecule has 41 heavy (non-hydrogen) atoms. The first kappa shape index (κ1) is 34.0. The summed E-state index contributed by atoms with van der Waals surface area (Å²) < 4.78 is 5.77. The quantitative estimate of drug-likeness (QED) is 0.0698. The molecule has 3 N–H and O–H groups in total. The van der Waals surface area contributed by atoms with E-state index in [1.807, 2.05) is 25.2 Å². The maximum Gasteiger partial charge on any atom is 0.306 e. The molecule has 0 unspecified atom stereocenters. The molecule has 1 saturated carbocycles. The average molecular weight is 575 g/mol. The molecular formula is C31H46N2O8. The second-order valence-corrected chi connectivity index (χ2v) is 10.5. The first-order valence-corrected chi connectivity index (χ1v) is 14.8. The second kappa shape index (κ2) is 19.0. The van der Waals surface area contributed by atoms with Crippen LogP contribution in [0.4, 0.5) is 0 Å². The topological polar surface area (TPSA) is 148 Å². The lowest BCUT2D eigenvalue weighted by Crippen LogP contribution is -2.22. The van der Waals surface area contributed by atoms with Crippen molar-refractivity contribution in [2.45, 2.75) is 103 Å². The van der Waals surface area contributed by atoms with Crippen molar-refractivity contribution in [2.24, 2.45) is 11.8 Å². The SMILES string of the molecule is CCCCCC(=O)O[C@H](/C=C/[C@@H]1[C@@H](C/C=C\CCCC(=O)NCC)[C@@H](O)C[C@@H]1O)CCc1ccccc1O[N+](=O)[O-]. The van der Waals surface area contributed by atoms with Crippen LogP contribution in [0.3, 0.4) is 0 Å². The number of nitrogens with one attached hydrogen (secondary N) is 1. The molecule has 1 amide bonds. The van der Waals surface area contributed by atoms with Crippen LogP contribution < -0.4 is 10.2 Å². The van der Waals surface area contributed by atoms with Gasteiger partial charge in [-0.3, -0.25) is 14.4 Å². The van der Waals surface area contributed by atoms with Crippen LogP contribution in [-0.4, -0.2) is 52.0 Å². The van der Waals surface area contributed by atoms with Crippen LogP contribution in [0, 0.1) is 22.0 Å². The van der Waals surface area contributed by atoms with E-state index in [9.17, 15) is 29.9 Å². The molecule has 5 atom stereocenters. The molecule has 0 saturated heterocycles. The Morgan fingerprint density at radius 2 is 1.90 bits per heavy atom. The number of ether oxygens (including phenoxy) is 1. The number of carbonyl (C=O) groups excluding carboxylic acids is 2. The normalized spacial score (nSPS) is 21.3. The number of benzene rings is 1. The van der Waals surface area contributed by atoms with Crippen molar-refractivity contribution >= 4 is 11.9 Å². The zero-order valence-electron chi connectivity index (χ0n) is 24.3. The van der Waals surface area contributed by atoms with E-state index in [1.165, 1.54) is 6.07 Å². The fraction of sp³-hybridized carbons (Fsp3) is 0.613. The number of unbranched alkanes of at least 4 members (excludes halogenated alkanes) is 3. The molecule has 0 heterocycles. The van der Waals surface area contributed by atoms with Crippen molar-refractivity contribution in [3.05, 3.63) is 64.2 Å². The highest BCUT2D eigenvalue weighted by Gasteiger charge is 2.39. The number of aliphatic hydroxyl groups excluding tert-OH is 2. The molecule has 10 nitrogen and oxygen atoms in total. The fourth-order valence-corrected chi connectivity index (χ4v) is 5.11. The van der Waals surface area contributed by atoms with E-state index in [0.717, 1.165) is 32.1 Å². The van der Waals surface area contributed by atoms with Crippen LogP contribution in [0.25, 0.3) is 0 Å². The highest BCUT2D eigenvalue weighted by molar-refractivity contribution is 5.75. The third-order valence-electron chi connectivity index (χ3n) is 7.30. The molecule has 0 aliphatic heterocycles. The number of nitrogens with zero attached hydrogens (tertiary/aromatic N) is 1. The summed E-state index contributed by atoms with van der Waals surface area (Å²) in [6, 6.07) is 6.67. The van der Waals surface area contributed by atoms with E-state index >= 15 is 0 Å². The molecule has 0 bridgehead atoms. The van der Waals surface area contributed by atoms with Gasteiger partial charge < -0.3 is 20.3 Å². The monoisotopic (exact) mass is 574 g/mol. The number of hydrogen-bond donors (Lipinski definition) is 3. The van der Waals surface area contributed by atoms with E-state index < -0.39 is 23.4 Å². The standard InChI is InChI=1S/C31H46N2O8/c1-3-5-8-17-31(37)40-24(19-18-23-13-11-12-15-29(23)41-33(38)39)20-21-26-25(27(34)22-28(26)35)14-9-6-7-10-16-30(36)32-4-2/h6,9,11-13,15,20-21,24-28,34-35H,3-5,7-8,10,14,16-19,22H2,1-2H3,(H,32,36)/b9-6-,21-20+/t24-,25+,26+,27-,28-/m0/s1. The van der Waals surface area contributed by atoms with Gasteiger partial charge in [0.15, 0.2) is 0 Å². The second-order valence-electron chi connectivity index (χ2n) is 10.5. The third-order valence-corrected chi connectivity index (χ3v) is 7.30. The van der Waals surface area contributed by atoms with Gasteiger partial charge in [0, 0.05) is 31.7 Å². The number of aliphatic hydroxyl groups is 2. The highest BCUT2D eigenvalue weighted by atomic mass is 17.0. The zero-order valence-corrected chi connectivity index (χ0v) is 24.3. The number of hydrogen-bond acceptors (Lipinski definition) is 8. The summed E-state index contributed by atoms with van der Waals surface area (Å²) in [4.78, 5) is 39.7. The fourth-order valence-electron chi connectivity index (χ4n) is 5.11. The smallest absolute Gasteiger partial charge is 0.306 e. The van der Waals surface area contributed by atoms with Gasteiger partial charge in [-0.15, -0.1) is 10.1 Å². The van der Waals surface area contributed by atoms with Crippen LogP contribution in [-0.2, 0) is 20.7 Å². The zero-order chi connectivity index (χ0) is 30.0. The van der Waals surface area contributed by atoms with E-state index in [4.69, 9.17) is 9.57 Å². The average Bonchev–Trinajstić information content (AvgIpc) is 3.19. The first-order valence-electron chi connectivity index (χ1n) is 14.8. The molecule has 0 radical (unpaired) electrons. The van der Waals surface area contributed by atoms with Crippen molar-refractivity contribution in [3.8, 4) is 5.75 Å². The highest BCUT2D eigenvalue weighted by Crippen LogP contribution is 2.36. The van der Waals surface area contributed by atoms with Gasteiger partial charge in [-0.2, -0.15) is 0 Å². The predicted molar refractivity (Wildman–Crippen MR) is 155 cm³/mol. The summed E-state index contributed by atoms with van der Waals surface area (Å²) in [6.45, 7) is 4.56. The number of para-hydroxylation sites is 1. The minimum absolute atomic E-state index is 0.0369. The Bertz CT molecular complexity index is 1010. The number of aryl methyl sites for hydroxylation is 1. The molecule has 1 aromatic rings. The summed E-state index contributed by atoms with van der Waals surface area (Å²) in [7, 11) is 0. The lowest BCUT2D eigenvalue weighted by molar-refractivity contribution is -0.711. The van der Waals surface area contributed by atoms with Crippen LogP contribution in [0.1, 0.15) is 83.6 Å². The van der Waals surface area contributed by atoms with Gasteiger partial charge in [0.25, 0.3) is 5.09 Å². The van der Waals surface area contributed by atoms with Crippen LogP contribution in [0.15, 0.2) is 48.6 Å². The van der Waals surface area contributed by atoms with Gasteiger partial charge in [-0.25, -0.2) is 0 Å². The van der Waals surface area contributed by atoms with Gasteiger partial charge in [-0.1, -0.05) is 56.2 Å². The van der Waals surface area contributed by atoms with Crippen molar-refractivity contribution in [3.63, 3.8) is 0 Å². The Balaban J connectivity index is 2.06. The van der Waals surface area contributed by atoms with Gasteiger partial charge in [0.05, 0.1) is 12.2 Å². The summed E-state index contributed by atoms with van der Waals surface area (Å²) in [5.74, 6) is -0.661. The summed E-state index contributed by atoms with van der Waals surface area (Å²) in [5.41, 5.74) is 0.621. The minimum atomic E-state index is -0.853. The largest absolute Gasteiger partial charge is 0.458 e. The molecular weight excluding hydrogens is 528 g/mol. The van der Waals surface area contributed by atoms with Gasteiger partial charge in [0.2, 0.25) is 5.91 Å². The van der Waals surface area contributed by atoms with Gasteiger partial charge in [-0.05, 0) is 69.1 Å². The molecule has 0 spiro atoms. The molecule has 2 rings (SSSR count). The molecule has 0 aromatic heterocycles. The van der Waals surface area contributed by atoms with E-state index in [2.05, 4.69) is 12.2 Å². The third kappa shape index (κ3) is 12.9. The van der Waals surface area contributed by atoms with Crippen molar-refractivity contribution < 1.29 is 34.5 Å². The summed E-state index contributed by atoms with van der Waals surface area (Å²) in [6.07, 6.45) is 12.1. The molecule has 228 valence electrons. The number of rotatable bonds is 19. The van der Waals surface area contributed by atoms with Gasteiger partial charge >= 0.3 is 5.97 Å². The lowest BCUT2D eigenvalue weighted by atomic mass is 9.89. The number of carbonyl (C=O) groups is 2. The Morgan fingerprint density at radius 3 is 2.63 bits per heavy atom. The number of allylic oxidation sites excluding steroid dienone is 2. The molecule has 1 aromatic carbocycles. The first-order chi connectivity index (χ1) is 19.7. The number of esters is 1. The minimum Gasteiger partial charge on any atom is -0.458 e. The van der Waals surface area contributed by atoms with E-state index in [-0.39, 0.29) is 35.9 Å². The van der Waals surface area contributed by atoms with E-state index in [1.54, 1.807) is 24.3 Å². The Hall–Kier alpha value is -3.24. The maximum absolute atomic E-state index is 12.5. The number of amides is 1. The molecule has 1 aliphatic carbocycles. The summed E-state index contributed by atoms with van der Waals surface area (Å²) in [5, 5.41) is 34.1. The van der Waals surface area contributed by atoms with Crippen LogP contribution >= 0.6 is 0 Å². The van der Waals surface area contributed by atoms with Crippen molar-refractivity contribution in [1.82, 2.24) is 5.32 Å². The predicted octanol–water partition coefficient (Wildman–Crippen LogP) is 4.85. The molecule has 1 aliphatic rings. The van der Waals surface area contributed by atoms with Crippen molar-refractivity contribution in [2.75, 3.05) is 6.54 Å². The Kier molecular flexibility index (Phi) is 15.7. The van der Waals surface area contributed by atoms with Crippen LogP contribution in [0.5, 0.6) is 5.75 Å². The Morgan fingerprint density at radius 1 is 1.12 bits per heavy atom. The molecule has 1 fully saturated rings. The van der Waals surface area contributed by atoms with Crippen LogP contribution in [0.2, 0.25) is 0 Å². The Labute approximate surface area is 242 Å². The van der Waals surface area contributed by atoms with E-state index in [0.29, 0.717) is 44.2 Å². The lowest BCUT2D eigenvalue weighted by Gasteiger charge is -2.21.